The van der Waals surface area contributed by atoms with E-state index in [1.807, 2.05) is 27.7 Å². The Bertz CT molecular complexity index is 505. The standard InChI is InChI=1S/C16H23NO4/c1-6-20-14-9-12(10-18)7-8-13(14)21-11(2)15(19)17-16(3,4)5/h7-11H,6H2,1-5H3,(H,17,19). The van der Waals surface area contributed by atoms with Gasteiger partial charge in [-0.15, -0.1) is 0 Å². The van der Waals surface area contributed by atoms with E-state index < -0.39 is 6.10 Å². The van der Waals surface area contributed by atoms with Crippen molar-refractivity contribution in [3.05, 3.63) is 23.8 Å². The van der Waals surface area contributed by atoms with Crippen molar-refractivity contribution in [2.45, 2.75) is 46.3 Å². The van der Waals surface area contributed by atoms with E-state index in [1.54, 1.807) is 25.1 Å². The molecule has 0 aromatic heterocycles. The minimum atomic E-state index is -0.662. The van der Waals surface area contributed by atoms with Crippen LogP contribution in [0.2, 0.25) is 0 Å². The molecule has 0 aliphatic rings. The molecule has 1 aromatic carbocycles. The van der Waals surface area contributed by atoms with E-state index in [1.165, 1.54) is 0 Å². The molecule has 0 aliphatic heterocycles. The molecular weight excluding hydrogens is 270 g/mol. The highest BCUT2D eigenvalue weighted by Crippen LogP contribution is 2.29. The number of benzene rings is 1. The van der Waals surface area contributed by atoms with Crippen LogP contribution in [0, 0.1) is 0 Å². The lowest BCUT2D eigenvalue weighted by Gasteiger charge is -2.24. The Morgan fingerprint density at radius 2 is 2.00 bits per heavy atom. The minimum absolute atomic E-state index is 0.204. The van der Waals surface area contributed by atoms with Gasteiger partial charge in [0, 0.05) is 11.1 Å². The number of rotatable bonds is 6. The summed E-state index contributed by atoms with van der Waals surface area (Å²) in [6, 6.07) is 4.86. The summed E-state index contributed by atoms with van der Waals surface area (Å²) in [5.74, 6) is 0.695. The van der Waals surface area contributed by atoms with Gasteiger partial charge in [-0.2, -0.15) is 0 Å². The molecule has 5 heteroatoms. The maximum absolute atomic E-state index is 12.0. The van der Waals surface area contributed by atoms with Gasteiger partial charge in [0.2, 0.25) is 0 Å². The third-order valence-corrected chi connectivity index (χ3v) is 2.57. The van der Waals surface area contributed by atoms with E-state index in [2.05, 4.69) is 5.32 Å². The first kappa shape index (κ1) is 17.0. The second-order valence-electron chi connectivity index (χ2n) is 5.76. The minimum Gasteiger partial charge on any atom is -0.490 e. The number of carbonyl (C=O) groups excluding carboxylic acids is 2. The van der Waals surface area contributed by atoms with Gasteiger partial charge in [-0.1, -0.05) is 0 Å². The molecule has 1 N–H and O–H groups in total. The van der Waals surface area contributed by atoms with Gasteiger partial charge >= 0.3 is 0 Å². The number of hydrogen-bond donors (Lipinski definition) is 1. The third-order valence-electron chi connectivity index (χ3n) is 2.57. The van der Waals surface area contributed by atoms with Gasteiger partial charge < -0.3 is 14.8 Å². The third kappa shape index (κ3) is 5.45. The average Bonchev–Trinajstić information content (AvgIpc) is 2.39. The lowest BCUT2D eigenvalue weighted by molar-refractivity contribution is -0.128. The van der Waals surface area contributed by atoms with Crippen LogP contribution < -0.4 is 14.8 Å². The lowest BCUT2D eigenvalue weighted by atomic mass is 10.1. The summed E-state index contributed by atoms with van der Waals surface area (Å²) in [4.78, 5) is 22.8. The molecule has 0 heterocycles. The number of aldehydes is 1. The first-order valence-corrected chi connectivity index (χ1v) is 6.97. The van der Waals surface area contributed by atoms with Crippen molar-refractivity contribution in [3.63, 3.8) is 0 Å². The fraction of sp³-hybridized carbons (Fsp3) is 0.500. The van der Waals surface area contributed by atoms with Crippen LogP contribution in [0.3, 0.4) is 0 Å². The van der Waals surface area contributed by atoms with E-state index in [9.17, 15) is 9.59 Å². The number of carbonyl (C=O) groups is 2. The predicted octanol–water partition coefficient (Wildman–Crippen LogP) is 2.58. The van der Waals surface area contributed by atoms with E-state index in [-0.39, 0.29) is 11.4 Å². The zero-order valence-corrected chi connectivity index (χ0v) is 13.2. The fourth-order valence-electron chi connectivity index (χ4n) is 1.68. The van der Waals surface area contributed by atoms with Gasteiger partial charge in [-0.3, -0.25) is 9.59 Å². The molecule has 116 valence electrons. The van der Waals surface area contributed by atoms with Gasteiger partial charge in [0.1, 0.15) is 6.29 Å². The summed E-state index contributed by atoms with van der Waals surface area (Å²) in [7, 11) is 0. The summed E-state index contributed by atoms with van der Waals surface area (Å²) in [6.45, 7) is 9.67. The van der Waals surface area contributed by atoms with Gasteiger partial charge in [0.25, 0.3) is 5.91 Å². The predicted molar refractivity (Wildman–Crippen MR) is 81.0 cm³/mol. The molecule has 1 aromatic rings. The number of amides is 1. The molecule has 21 heavy (non-hydrogen) atoms. The zero-order valence-electron chi connectivity index (χ0n) is 13.2. The van der Waals surface area contributed by atoms with Crippen LogP contribution in [0.1, 0.15) is 45.0 Å². The Hall–Kier alpha value is -2.04. The Labute approximate surface area is 125 Å². The van der Waals surface area contributed by atoms with Gasteiger partial charge in [-0.25, -0.2) is 0 Å². The topological polar surface area (TPSA) is 64.6 Å². The highest BCUT2D eigenvalue weighted by molar-refractivity contribution is 5.81. The van der Waals surface area contributed by atoms with Crippen molar-refractivity contribution < 1.29 is 19.1 Å². The van der Waals surface area contributed by atoms with Crippen molar-refractivity contribution in [2.75, 3.05) is 6.61 Å². The van der Waals surface area contributed by atoms with Gasteiger partial charge in [0.15, 0.2) is 17.6 Å². The highest BCUT2D eigenvalue weighted by Gasteiger charge is 2.21. The Morgan fingerprint density at radius 1 is 1.33 bits per heavy atom. The number of nitrogens with one attached hydrogen (secondary N) is 1. The quantitative estimate of drug-likeness (QED) is 0.819. The van der Waals surface area contributed by atoms with Crippen LogP contribution >= 0.6 is 0 Å². The van der Waals surface area contributed by atoms with E-state index in [0.717, 1.165) is 6.29 Å². The van der Waals surface area contributed by atoms with Crippen LogP contribution in [0.25, 0.3) is 0 Å². The second kappa shape index (κ2) is 7.11. The van der Waals surface area contributed by atoms with Crippen LogP contribution in [-0.2, 0) is 4.79 Å². The first-order chi connectivity index (χ1) is 9.76. The van der Waals surface area contributed by atoms with E-state index in [0.29, 0.717) is 23.7 Å². The molecule has 1 amide bonds. The monoisotopic (exact) mass is 293 g/mol. The Morgan fingerprint density at radius 3 is 2.52 bits per heavy atom. The summed E-state index contributed by atoms with van der Waals surface area (Å²) >= 11 is 0. The molecule has 0 spiro atoms. The van der Waals surface area contributed by atoms with Crippen LogP contribution in [0.5, 0.6) is 11.5 Å². The number of ether oxygens (including phenoxy) is 2. The smallest absolute Gasteiger partial charge is 0.261 e. The van der Waals surface area contributed by atoms with Crippen molar-refractivity contribution in [2.24, 2.45) is 0 Å². The van der Waals surface area contributed by atoms with Crippen molar-refractivity contribution in [3.8, 4) is 11.5 Å². The molecule has 0 saturated heterocycles. The molecular formula is C16H23NO4. The maximum Gasteiger partial charge on any atom is 0.261 e. The molecule has 0 bridgehead atoms. The normalized spacial score (nSPS) is 12.4. The summed E-state index contributed by atoms with van der Waals surface area (Å²) in [6.07, 6.45) is 0.0766. The molecule has 0 aliphatic carbocycles. The average molecular weight is 293 g/mol. The zero-order chi connectivity index (χ0) is 16.0. The Kier molecular flexibility index (Phi) is 5.76. The van der Waals surface area contributed by atoms with Crippen LogP contribution in [0.4, 0.5) is 0 Å². The van der Waals surface area contributed by atoms with Crippen LogP contribution in [0.15, 0.2) is 18.2 Å². The van der Waals surface area contributed by atoms with Crippen LogP contribution in [-0.4, -0.2) is 30.4 Å². The highest BCUT2D eigenvalue weighted by atomic mass is 16.5. The largest absolute Gasteiger partial charge is 0.490 e. The SMILES string of the molecule is CCOc1cc(C=O)ccc1OC(C)C(=O)NC(C)(C)C. The summed E-state index contributed by atoms with van der Waals surface area (Å²) in [5.41, 5.74) is 0.177. The van der Waals surface area contributed by atoms with E-state index >= 15 is 0 Å². The molecule has 1 atom stereocenters. The van der Waals surface area contributed by atoms with Gasteiger partial charge in [-0.05, 0) is 52.8 Å². The lowest BCUT2D eigenvalue weighted by Crippen LogP contribution is -2.46. The maximum atomic E-state index is 12.0. The van der Waals surface area contributed by atoms with Gasteiger partial charge in [0.05, 0.1) is 6.61 Å². The second-order valence-corrected chi connectivity index (χ2v) is 5.76. The summed E-state index contributed by atoms with van der Waals surface area (Å²) in [5, 5.41) is 2.85. The van der Waals surface area contributed by atoms with E-state index in [4.69, 9.17) is 9.47 Å². The summed E-state index contributed by atoms with van der Waals surface area (Å²) < 4.78 is 11.1. The molecule has 1 rings (SSSR count). The molecule has 1 unspecified atom stereocenters. The van der Waals surface area contributed by atoms with Crippen molar-refractivity contribution >= 4 is 12.2 Å². The first-order valence-electron chi connectivity index (χ1n) is 6.97. The van der Waals surface area contributed by atoms with Crippen molar-refractivity contribution in [1.29, 1.82) is 0 Å². The Balaban J connectivity index is 2.86. The molecule has 0 fully saturated rings. The molecule has 0 radical (unpaired) electrons. The fourth-order valence-corrected chi connectivity index (χ4v) is 1.68. The van der Waals surface area contributed by atoms with Crippen molar-refractivity contribution in [1.82, 2.24) is 5.32 Å². The molecule has 0 saturated carbocycles. The molecule has 5 nitrogen and oxygen atoms in total. The number of hydrogen-bond acceptors (Lipinski definition) is 4.